The number of rotatable bonds is 1. The third-order valence-corrected chi connectivity index (χ3v) is 2.91. The summed E-state index contributed by atoms with van der Waals surface area (Å²) >= 11 is 2.08. The van der Waals surface area contributed by atoms with Gasteiger partial charge in [0.15, 0.2) is 0 Å². The standard InChI is InChI=1S/C9H19NS/c1-9(2,3)10-8-4-6-11-7-5-8/h8,10H,4-7H2,1-3H3. The molecule has 0 saturated carbocycles. The lowest BCUT2D eigenvalue weighted by molar-refractivity contribution is 0.344. The van der Waals surface area contributed by atoms with Crippen molar-refractivity contribution in [2.45, 2.75) is 45.2 Å². The van der Waals surface area contributed by atoms with Crippen LogP contribution in [0.5, 0.6) is 0 Å². The summed E-state index contributed by atoms with van der Waals surface area (Å²) in [5.41, 5.74) is 0.298. The van der Waals surface area contributed by atoms with Crippen molar-refractivity contribution in [3.63, 3.8) is 0 Å². The zero-order valence-corrected chi connectivity index (χ0v) is 8.63. The summed E-state index contributed by atoms with van der Waals surface area (Å²) in [6, 6.07) is 0.774. The smallest absolute Gasteiger partial charge is 0.00991 e. The van der Waals surface area contributed by atoms with Gasteiger partial charge in [-0.1, -0.05) is 0 Å². The van der Waals surface area contributed by atoms with Gasteiger partial charge in [-0.2, -0.15) is 11.8 Å². The lowest BCUT2D eigenvalue weighted by Gasteiger charge is -2.30. The van der Waals surface area contributed by atoms with E-state index in [-0.39, 0.29) is 0 Å². The maximum atomic E-state index is 3.64. The zero-order chi connectivity index (χ0) is 8.32. The molecule has 11 heavy (non-hydrogen) atoms. The van der Waals surface area contributed by atoms with Crippen LogP contribution in [0.4, 0.5) is 0 Å². The maximum Gasteiger partial charge on any atom is 0.00991 e. The molecule has 1 rings (SSSR count). The SMILES string of the molecule is CC(C)(C)NC1CCSCC1. The zero-order valence-electron chi connectivity index (χ0n) is 7.81. The van der Waals surface area contributed by atoms with Crippen molar-refractivity contribution in [3.8, 4) is 0 Å². The van der Waals surface area contributed by atoms with Crippen LogP contribution in [0.2, 0.25) is 0 Å². The largest absolute Gasteiger partial charge is 0.309 e. The van der Waals surface area contributed by atoms with E-state index in [2.05, 4.69) is 37.8 Å². The fourth-order valence-electron chi connectivity index (χ4n) is 1.45. The van der Waals surface area contributed by atoms with Gasteiger partial charge in [0.25, 0.3) is 0 Å². The van der Waals surface area contributed by atoms with E-state index in [1.165, 1.54) is 24.3 Å². The van der Waals surface area contributed by atoms with E-state index in [9.17, 15) is 0 Å². The monoisotopic (exact) mass is 173 g/mol. The molecular weight excluding hydrogens is 154 g/mol. The second-order valence-corrected chi connectivity index (χ2v) is 5.51. The highest BCUT2D eigenvalue weighted by Gasteiger charge is 2.18. The Kier molecular flexibility index (Phi) is 3.26. The van der Waals surface area contributed by atoms with Gasteiger partial charge in [-0.15, -0.1) is 0 Å². The lowest BCUT2D eigenvalue weighted by atomic mass is 10.0. The van der Waals surface area contributed by atoms with Gasteiger partial charge in [0.2, 0.25) is 0 Å². The van der Waals surface area contributed by atoms with Crippen LogP contribution in [-0.4, -0.2) is 23.1 Å². The van der Waals surface area contributed by atoms with Crippen molar-refractivity contribution in [2.75, 3.05) is 11.5 Å². The van der Waals surface area contributed by atoms with Gasteiger partial charge in [-0.05, 0) is 45.1 Å². The molecule has 0 bridgehead atoms. The van der Waals surface area contributed by atoms with Gasteiger partial charge in [-0.25, -0.2) is 0 Å². The molecule has 0 aromatic rings. The Balaban J connectivity index is 2.24. The average molecular weight is 173 g/mol. The summed E-state index contributed by atoms with van der Waals surface area (Å²) in [4.78, 5) is 0. The Morgan fingerprint density at radius 2 is 1.73 bits per heavy atom. The Hall–Kier alpha value is 0.310. The molecule has 1 heterocycles. The highest BCUT2D eigenvalue weighted by molar-refractivity contribution is 7.99. The van der Waals surface area contributed by atoms with Crippen LogP contribution in [0, 0.1) is 0 Å². The molecule has 0 amide bonds. The molecule has 0 aromatic heterocycles. The van der Waals surface area contributed by atoms with Crippen LogP contribution in [0.1, 0.15) is 33.6 Å². The van der Waals surface area contributed by atoms with E-state index < -0.39 is 0 Å². The van der Waals surface area contributed by atoms with Crippen LogP contribution < -0.4 is 5.32 Å². The van der Waals surface area contributed by atoms with Gasteiger partial charge in [0, 0.05) is 11.6 Å². The predicted molar refractivity (Wildman–Crippen MR) is 53.2 cm³/mol. The molecule has 1 N–H and O–H groups in total. The first-order valence-corrected chi connectivity index (χ1v) is 5.59. The third kappa shape index (κ3) is 4.02. The average Bonchev–Trinajstić information content (AvgIpc) is 1.85. The van der Waals surface area contributed by atoms with Gasteiger partial charge in [-0.3, -0.25) is 0 Å². The molecule has 0 aromatic carbocycles. The predicted octanol–water partition coefficient (Wildman–Crippen LogP) is 2.27. The number of hydrogen-bond donors (Lipinski definition) is 1. The van der Waals surface area contributed by atoms with Crippen LogP contribution >= 0.6 is 11.8 Å². The Morgan fingerprint density at radius 3 is 2.18 bits per heavy atom. The van der Waals surface area contributed by atoms with Crippen molar-refractivity contribution in [1.82, 2.24) is 5.32 Å². The minimum atomic E-state index is 0.298. The Labute approximate surface area is 74.3 Å². The number of thioether (sulfide) groups is 1. The quantitative estimate of drug-likeness (QED) is 0.653. The molecular formula is C9H19NS. The minimum absolute atomic E-state index is 0.298. The van der Waals surface area contributed by atoms with E-state index in [0.717, 1.165) is 6.04 Å². The molecule has 2 heteroatoms. The second-order valence-electron chi connectivity index (χ2n) is 4.28. The summed E-state index contributed by atoms with van der Waals surface area (Å²) in [7, 11) is 0. The van der Waals surface area contributed by atoms with Crippen molar-refractivity contribution in [2.24, 2.45) is 0 Å². The van der Waals surface area contributed by atoms with Gasteiger partial charge < -0.3 is 5.32 Å². The Bertz CT molecular complexity index is 111. The molecule has 1 aliphatic heterocycles. The molecule has 0 atom stereocenters. The minimum Gasteiger partial charge on any atom is -0.309 e. The van der Waals surface area contributed by atoms with E-state index in [1.807, 2.05) is 0 Å². The molecule has 1 saturated heterocycles. The molecule has 0 aliphatic carbocycles. The summed E-state index contributed by atoms with van der Waals surface area (Å²) in [5.74, 6) is 2.68. The molecule has 66 valence electrons. The maximum absolute atomic E-state index is 3.64. The van der Waals surface area contributed by atoms with Crippen molar-refractivity contribution < 1.29 is 0 Å². The van der Waals surface area contributed by atoms with Gasteiger partial charge in [0.05, 0.1) is 0 Å². The number of nitrogens with one attached hydrogen (secondary N) is 1. The van der Waals surface area contributed by atoms with E-state index in [1.54, 1.807) is 0 Å². The van der Waals surface area contributed by atoms with Gasteiger partial charge >= 0.3 is 0 Å². The third-order valence-electron chi connectivity index (χ3n) is 1.86. The topological polar surface area (TPSA) is 12.0 Å². The van der Waals surface area contributed by atoms with E-state index >= 15 is 0 Å². The lowest BCUT2D eigenvalue weighted by Crippen LogP contribution is -2.45. The van der Waals surface area contributed by atoms with Crippen molar-refractivity contribution in [1.29, 1.82) is 0 Å². The first-order chi connectivity index (χ1) is 5.08. The fourth-order valence-corrected chi connectivity index (χ4v) is 2.56. The van der Waals surface area contributed by atoms with Crippen LogP contribution in [0.15, 0.2) is 0 Å². The molecule has 1 nitrogen and oxygen atoms in total. The Morgan fingerprint density at radius 1 is 1.18 bits per heavy atom. The van der Waals surface area contributed by atoms with E-state index in [4.69, 9.17) is 0 Å². The van der Waals surface area contributed by atoms with Crippen molar-refractivity contribution in [3.05, 3.63) is 0 Å². The van der Waals surface area contributed by atoms with Crippen molar-refractivity contribution >= 4 is 11.8 Å². The summed E-state index contributed by atoms with van der Waals surface area (Å²) in [6.07, 6.45) is 2.70. The second kappa shape index (κ2) is 3.81. The summed E-state index contributed by atoms with van der Waals surface area (Å²) in [6.45, 7) is 6.73. The molecule has 0 spiro atoms. The van der Waals surface area contributed by atoms with Gasteiger partial charge in [0.1, 0.15) is 0 Å². The van der Waals surface area contributed by atoms with Crippen LogP contribution in [-0.2, 0) is 0 Å². The highest BCUT2D eigenvalue weighted by Crippen LogP contribution is 2.18. The molecule has 0 radical (unpaired) electrons. The molecule has 1 aliphatic rings. The molecule has 0 unspecified atom stereocenters. The number of hydrogen-bond acceptors (Lipinski definition) is 2. The van der Waals surface area contributed by atoms with E-state index in [0.29, 0.717) is 5.54 Å². The first kappa shape index (κ1) is 9.40. The fraction of sp³-hybridized carbons (Fsp3) is 1.00. The normalized spacial score (nSPS) is 22.1. The molecule has 1 fully saturated rings. The summed E-state index contributed by atoms with van der Waals surface area (Å²) in [5, 5.41) is 3.64. The highest BCUT2D eigenvalue weighted by atomic mass is 32.2. The first-order valence-electron chi connectivity index (χ1n) is 4.43. The summed E-state index contributed by atoms with van der Waals surface area (Å²) < 4.78 is 0. The van der Waals surface area contributed by atoms with Crippen LogP contribution in [0.3, 0.4) is 0 Å². The van der Waals surface area contributed by atoms with Crippen LogP contribution in [0.25, 0.3) is 0 Å².